The van der Waals surface area contributed by atoms with E-state index in [9.17, 15) is 4.79 Å². The van der Waals surface area contributed by atoms with Gasteiger partial charge in [0.05, 0.1) is 6.61 Å². The molecule has 0 radical (unpaired) electrons. The first-order valence-electron chi connectivity index (χ1n) is 10.2. The number of hydrogen-bond donors (Lipinski definition) is 3. The minimum atomic E-state index is 0.183. The number of nitrogens with one attached hydrogen (secondary N) is 3. The number of guanidine groups is 1. The molecule has 1 amide bonds. The lowest BCUT2D eigenvalue weighted by Gasteiger charge is -2.21. The van der Waals surface area contributed by atoms with E-state index in [1.165, 1.54) is 19.3 Å². The highest BCUT2D eigenvalue weighted by Gasteiger charge is 2.20. The molecule has 3 N–H and O–H groups in total. The van der Waals surface area contributed by atoms with E-state index >= 15 is 0 Å². The molecule has 0 unspecified atom stereocenters. The number of aliphatic imine (C=N–C) groups is 1. The Labute approximate surface area is 168 Å². The molecule has 0 spiro atoms. The second-order valence-corrected chi connectivity index (χ2v) is 6.97. The van der Waals surface area contributed by atoms with Gasteiger partial charge in [-0.1, -0.05) is 25.3 Å². The second kappa shape index (κ2) is 13.0. The molecule has 28 heavy (non-hydrogen) atoms. The zero-order valence-electron chi connectivity index (χ0n) is 17.1. The first kappa shape index (κ1) is 22.0. The summed E-state index contributed by atoms with van der Waals surface area (Å²) in [5.74, 6) is 1.83. The van der Waals surface area contributed by atoms with E-state index in [0.717, 1.165) is 30.7 Å². The monoisotopic (exact) mass is 390 g/mol. The maximum atomic E-state index is 12.2. The van der Waals surface area contributed by atoms with E-state index in [4.69, 9.17) is 9.47 Å². The van der Waals surface area contributed by atoms with Gasteiger partial charge in [-0.05, 0) is 25.0 Å². The van der Waals surface area contributed by atoms with Gasteiger partial charge in [0.15, 0.2) is 5.96 Å². The molecule has 7 heteroatoms. The zero-order valence-corrected chi connectivity index (χ0v) is 17.1. The Morgan fingerprint density at radius 2 is 1.93 bits per heavy atom. The predicted octanol–water partition coefficient (Wildman–Crippen LogP) is 2.79. The van der Waals surface area contributed by atoms with Gasteiger partial charge in [-0.2, -0.15) is 0 Å². The second-order valence-electron chi connectivity index (χ2n) is 6.97. The maximum Gasteiger partial charge on any atom is 0.223 e. The van der Waals surface area contributed by atoms with Crippen LogP contribution in [0.25, 0.3) is 0 Å². The van der Waals surface area contributed by atoms with Gasteiger partial charge in [-0.25, -0.2) is 0 Å². The van der Waals surface area contributed by atoms with Crippen LogP contribution in [0, 0.1) is 5.92 Å². The third-order valence-electron chi connectivity index (χ3n) is 4.77. The molecule has 1 aromatic carbocycles. The summed E-state index contributed by atoms with van der Waals surface area (Å²) in [6, 6.07) is 7.75. The third kappa shape index (κ3) is 8.17. The van der Waals surface area contributed by atoms with Gasteiger partial charge in [-0.15, -0.1) is 0 Å². The van der Waals surface area contributed by atoms with Crippen molar-refractivity contribution in [3.05, 3.63) is 24.3 Å². The largest absolute Gasteiger partial charge is 0.493 e. The van der Waals surface area contributed by atoms with Crippen LogP contribution >= 0.6 is 0 Å². The summed E-state index contributed by atoms with van der Waals surface area (Å²) in [5, 5.41) is 9.49. The van der Waals surface area contributed by atoms with Crippen molar-refractivity contribution in [3.63, 3.8) is 0 Å². The van der Waals surface area contributed by atoms with Gasteiger partial charge < -0.3 is 25.4 Å². The number of amides is 1. The zero-order chi connectivity index (χ0) is 20.0. The fraction of sp³-hybridized carbons (Fsp3) is 0.619. The fourth-order valence-electron chi connectivity index (χ4n) is 3.25. The van der Waals surface area contributed by atoms with Gasteiger partial charge in [-0.3, -0.25) is 9.79 Å². The van der Waals surface area contributed by atoms with Crippen LogP contribution in [0.2, 0.25) is 0 Å². The lowest BCUT2D eigenvalue weighted by molar-refractivity contribution is -0.125. The molecule has 1 saturated carbocycles. The van der Waals surface area contributed by atoms with Gasteiger partial charge >= 0.3 is 0 Å². The summed E-state index contributed by atoms with van der Waals surface area (Å²) >= 11 is 0. The van der Waals surface area contributed by atoms with E-state index in [1.54, 1.807) is 14.2 Å². The van der Waals surface area contributed by atoms with Crippen molar-refractivity contribution in [2.75, 3.05) is 45.8 Å². The van der Waals surface area contributed by atoms with E-state index in [2.05, 4.69) is 20.9 Å². The number of ether oxygens (including phenoxy) is 2. The summed E-state index contributed by atoms with van der Waals surface area (Å²) in [7, 11) is 3.41. The Morgan fingerprint density at radius 1 is 1.14 bits per heavy atom. The third-order valence-corrected chi connectivity index (χ3v) is 4.77. The van der Waals surface area contributed by atoms with Crippen LogP contribution in [0.3, 0.4) is 0 Å². The van der Waals surface area contributed by atoms with Crippen LogP contribution < -0.4 is 20.7 Å². The molecule has 0 bridgehead atoms. The average Bonchev–Trinajstić information content (AvgIpc) is 2.74. The molecule has 0 atom stereocenters. The van der Waals surface area contributed by atoms with Crippen molar-refractivity contribution < 1.29 is 14.3 Å². The van der Waals surface area contributed by atoms with E-state index in [-0.39, 0.29) is 11.8 Å². The SMILES string of the molecule is CN=C(NCCNC(=O)C1CCCCC1)Nc1cccc(OCCCOC)c1. The average molecular weight is 391 g/mol. The number of benzene rings is 1. The molecule has 2 rings (SSSR count). The first-order valence-corrected chi connectivity index (χ1v) is 10.2. The number of rotatable bonds is 10. The molecule has 0 aliphatic heterocycles. The Hall–Kier alpha value is -2.28. The standard InChI is InChI=1S/C21H34N4O3/c1-22-21(24-13-12-23-20(26)17-8-4-3-5-9-17)25-18-10-6-11-19(16-18)28-15-7-14-27-2/h6,10-11,16-17H,3-5,7-9,12-15H2,1-2H3,(H,23,26)(H2,22,24,25). The summed E-state index contributed by atoms with van der Waals surface area (Å²) < 4.78 is 10.7. The van der Waals surface area contributed by atoms with Crippen LogP contribution in [-0.2, 0) is 9.53 Å². The number of hydrogen-bond acceptors (Lipinski definition) is 4. The van der Waals surface area contributed by atoms with Crippen LogP contribution in [0.15, 0.2) is 29.3 Å². The minimum Gasteiger partial charge on any atom is -0.493 e. The van der Waals surface area contributed by atoms with E-state index in [1.807, 2.05) is 24.3 Å². The highest BCUT2D eigenvalue weighted by Crippen LogP contribution is 2.23. The number of nitrogens with zero attached hydrogens (tertiary/aromatic N) is 1. The summed E-state index contributed by atoms with van der Waals surface area (Å²) in [5.41, 5.74) is 0.892. The molecule has 0 aromatic heterocycles. The summed E-state index contributed by atoms with van der Waals surface area (Å²) in [6.07, 6.45) is 6.49. The molecule has 7 nitrogen and oxygen atoms in total. The molecule has 0 heterocycles. The fourth-order valence-corrected chi connectivity index (χ4v) is 3.25. The number of anilines is 1. The van der Waals surface area contributed by atoms with Gasteiger partial charge in [0.25, 0.3) is 0 Å². The summed E-state index contributed by atoms with van der Waals surface area (Å²) in [4.78, 5) is 16.4. The highest BCUT2D eigenvalue weighted by atomic mass is 16.5. The van der Waals surface area contributed by atoms with Crippen molar-refractivity contribution >= 4 is 17.6 Å². The van der Waals surface area contributed by atoms with Gasteiger partial charge in [0.2, 0.25) is 5.91 Å². The van der Waals surface area contributed by atoms with Gasteiger partial charge in [0.1, 0.15) is 5.75 Å². The quantitative estimate of drug-likeness (QED) is 0.325. The summed E-state index contributed by atoms with van der Waals surface area (Å²) in [6.45, 7) is 2.50. The van der Waals surface area contributed by atoms with Crippen molar-refractivity contribution in [1.82, 2.24) is 10.6 Å². The van der Waals surface area contributed by atoms with Crippen LogP contribution in [0.5, 0.6) is 5.75 Å². The van der Waals surface area contributed by atoms with Crippen molar-refractivity contribution in [3.8, 4) is 5.75 Å². The van der Waals surface area contributed by atoms with Crippen molar-refractivity contribution in [1.29, 1.82) is 0 Å². The Kier molecular flexibility index (Phi) is 10.2. The first-order chi connectivity index (χ1) is 13.7. The molecule has 1 aliphatic carbocycles. The molecule has 1 fully saturated rings. The normalized spacial score (nSPS) is 15.1. The molecule has 0 saturated heterocycles. The van der Waals surface area contributed by atoms with E-state index in [0.29, 0.717) is 32.3 Å². The van der Waals surface area contributed by atoms with Crippen molar-refractivity contribution in [2.45, 2.75) is 38.5 Å². The van der Waals surface area contributed by atoms with E-state index < -0.39 is 0 Å². The van der Waals surface area contributed by atoms with Gasteiger partial charge in [0, 0.05) is 57.9 Å². The lowest BCUT2D eigenvalue weighted by Crippen LogP contribution is -2.40. The van der Waals surface area contributed by atoms with Crippen LogP contribution in [-0.4, -0.2) is 52.3 Å². The maximum absolute atomic E-state index is 12.2. The molecular formula is C21H34N4O3. The Morgan fingerprint density at radius 3 is 2.68 bits per heavy atom. The van der Waals surface area contributed by atoms with Crippen LogP contribution in [0.4, 0.5) is 5.69 Å². The predicted molar refractivity (Wildman–Crippen MR) is 113 cm³/mol. The number of carbonyl (C=O) groups is 1. The Bertz CT molecular complexity index is 615. The smallest absolute Gasteiger partial charge is 0.223 e. The molecular weight excluding hydrogens is 356 g/mol. The number of methoxy groups -OCH3 is 1. The lowest BCUT2D eigenvalue weighted by atomic mass is 9.89. The molecule has 156 valence electrons. The topological polar surface area (TPSA) is 84.0 Å². The van der Waals surface area contributed by atoms with Crippen molar-refractivity contribution in [2.24, 2.45) is 10.9 Å². The minimum absolute atomic E-state index is 0.183. The van der Waals surface area contributed by atoms with Crippen LogP contribution in [0.1, 0.15) is 38.5 Å². The number of carbonyl (C=O) groups excluding carboxylic acids is 1. The molecule has 1 aromatic rings. The Balaban J connectivity index is 1.69. The molecule has 1 aliphatic rings. The highest BCUT2D eigenvalue weighted by molar-refractivity contribution is 5.93.